The Labute approximate surface area is 259 Å². The second kappa shape index (κ2) is 12.3. The van der Waals surface area contributed by atoms with Crippen molar-refractivity contribution in [2.24, 2.45) is 5.92 Å². The van der Waals surface area contributed by atoms with E-state index in [1.807, 2.05) is 28.8 Å². The van der Waals surface area contributed by atoms with Gasteiger partial charge in [0.25, 0.3) is 5.91 Å². The van der Waals surface area contributed by atoms with E-state index in [4.69, 9.17) is 10.5 Å². The van der Waals surface area contributed by atoms with Gasteiger partial charge in [-0.2, -0.15) is 0 Å². The van der Waals surface area contributed by atoms with Crippen molar-refractivity contribution >= 4 is 28.4 Å². The first-order valence-corrected chi connectivity index (χ1v) is 15.5. The van der Waals surface area contributed by atoms with Gasteiger partial charge in [-0.3, -0.25) is 9.59 Å². The highest BCUT2D eigenvalue weighted by Crippen LogP contribution is 2.38. The van der Waals surface area contributed by atoms with Gasteiger partial charge in [-0.05, 0) is 67.0 Å². The Hall–Kier alpha value is -4.83. The van der Waals surface area contributed by atoms with Crippen LogP contribution in [0.3, 0.4) is 0 Å². The number of benzene rings is 2. The summed E-state index contributed by atoms with van der Waals surface area (Å²) in [5.74, 6) is -0.100. The van der Waals surface area contributed by atoms with E-state index in [1.54, 1.807) is 24.5 Å². The fourth-order valence-electron chi connectivity index (χ4n) is 6.68. The molecule has 9 nitrogen and oxygen atoms in total. The lowest BCUT2D eigenvalue weighted by Crippen LogP contribution is -2.26. The van der Waals surface area contributed by atoms with Crippen molar-refractivity contribution in [2.75, 3.05) is 24.3 Å². The zero-order chi connectivity index (χ0) is 30.9. The van der Waals surface area contributed by atoms with Crippen LogP contribution in [0.4, 0.5) is 15.9 Å². The van der Waals surface area contributed by atoms with E-state index < -0.39 is 17.2 Å². The molecule has 0 bridgehead atoms. The van der Waals surface area contributed by atoms with E-state index >= 15 is 0 Å². The quantitative estimate of drug-likeness (QED) is 0.220. The monoisotopic (exact) mass is 606 g/mol. The maximum atomic E-state index is 13.7. The molecule has 45 heavy (non-hydrogen) atoms. The maximum absolute atomic E-state index is 13.7. The molecule has 0 radical (unpaired) electrons. The van der Waals surface area contributed by atoms with E-state index in [1.165, 1.54) is 31.3 Å². The van der Waals surface area contributed by atoms with E-state index in [2.05, 4.69) is 26.0 Å². The number of nitrogens with zero attached hydrogens (tertiary/aromatic N) is 4. The van der Waals surface area contributed by atoms with Crippen LogP contribution in [-0.4, -0.2) is 38.2 Å². The zero-order valence-corrected chi connectivity index (χ0v) is 24.9. The Bertz CT molecular complexity index is 1900. The van der Waals surface area contributed by atoms with Crippen LogP contribution in [0.5, 0.6) is 0 Å². The average Bonchev–Trinajstić information content (AvgIpc) is 3.72. The molecule has 0 spiro atoms. The first kappa shape index (κ1) is 28.9. The molecule has 7 rings (SSSR count). The molecule has 1 saturated carbocycles. The molecule has 1 aliphatic carbocycles. The van der Waals surface area contributed by atoms with Gasteiger partial charge in [0.1, 0.15) is 29.2 Å². The summed E-state index contributed by atoms with van der Waals surface area (Å²) in [6, 6.07) is 13.6. The van der Waals surface area contributed by atoms with Crippen molar-refractivity contribution in [1.82, 2.24) is 19.1 Å². The van der Waals surface area contributed by atoms with Crippen LogP contribution in [0.25, 0.3) is 33.3 Å². The SMILES string of the molecule is Nc1ncnc2c1c(-c1ccc(NC(=O)c3cn(CC4CCOCC4)cc(-c4ccc(F)cc4)c3=O)cc1)cn2C1CCCC1. The van der Waals surface area contributed by atoms with Crippen LogP contribution in [0, 0.1) is 11.7 Å². The molecule has 2 aromatic carbocycles. The predicted octanol–water partition coefficient (Wildman–Crippen LogP) is 6.44. The third kappa shape index (κ3) is 5.85. The predicted molar refractivity (Wildman–Crippen MR) is 172 cm³/mol. The molecule has 3 aromatic heterocycles. The van der Waals surface area contributed by atoms with Gasteiger partial charge in [-0.1, -0.05) is 37.1 Å². The highest BCUT2D eigenvalue weighted by molar-refractivity contribution is 6.05. The fraction of sp³-hybridized carbons (Fsp3) is 0.314. The lowest BCUT2D eigenvalue weighted by molar-refractivity contribution is 0.0612. The van der Waals surface area contributed by atoms with Crippen LogP contribution < -0.4 is 16.5 Å². The molecular weight excluding hydrogens is 571 g/mol. The summed E-state index contributed by atoms with van der Waals surface area (Å²) in [4.78, 5) is 36.0. The largest absolute Gasteiger partial charge is 0.383 e. The van der Waals surface area contributed by atoms with Gasteiger partial charge in [0.05, 0.1) is 5.39 Å². The summed E-state index contributed by atoms with van der Waals surface area (Å²) < 4.78 is 23.3. The van der Waals surface area contributed by atoms with E-state index in [0.717, 1.165) is 47.8 Å². The Balaban J connectivity index is 1.18. The standard InChI is InChI=1S/C35H35FN6O3/c36-25-9-5-24(6-10-25)29-18-41(17-22-13-15-45-16-14-22)19-30(32(29)43)35(44)40-26-11-7-23(8-12-26)28-20-42(27-3-1-2-4-27)34-31(28)33(37)38-21-39-34/h5-12,18-22,27H,1-4,13-17H2,(H,40,44)(H2,37,38,39). The molecule has 5 aromatic rings. The number of hydrogen-bond acceptors (Lipinski definition) is 6. The van der Waals surface area contributed by atoms with Crippen LogP contribution in [0.2, 0.25) is 0 Å². The molecular formula is C35H35FN6O3. The lowest BCUT2D eigenvalue weighted by Gasteiger charge is -2.23. The lowest BCUT2D eigenvalue weighted by atomic mass is 9.99. The second-order valence-electron chi connectivity index (χ2n) is 12.1. The van der Waals surface area contributed by atoms with Crippen molar-refractivity contribution < 1.29 is 13.9 Å². The van der Waals surface area contributed by atoms with Crippen LogP contribution in [0.15, 0.2) is 78.2 Å². The number of nitrogens with two attached hydrogens (primary N) is 1. The molecule has 230 valence electrons. The molecule has 0 unspecified atom stereocenters. The van der Waals surface area contributed by atoms with E-state index in [9.17, 15) is 14.0 Å². The normalized spacial score (nSPS) is 15.9. The Morgan fingerprint density at radius 3 is 2.33 bits per heavy atom. The first-order chi connectivity index (χ1) is 21.9. The van der Waals surface area contributed by atoms with Crippen molar-refractivity contribution in [3.05, 3.63) is 95.1 Å². The number of fused-ring (bicyclic) bond motifs is 1. The molecule has 1 saturated heterocycles. The highest BCUT2D eigenvalue weighted by atomic mass is 19.1. The third-order valence-corrected chi connectivity index (χ3v) is 9.10. The van der Waals surface area contributed by atoms with Crippen LogP contribution in [-0.2, 0) is 11.3 Å². The molecule has 2 fully saturated rings. The zero-order valence-electron chi connectivity index (χ0n) is 24.9. The Morgan fingerprint density at radius 2 is 1.60 bits per heavy atom. The number of nitrogens with one attached hydrogen (secondary N) is 1. The Kier molecular flexibility index (Phi) is 7.89. The van der Waals surface area contributed by atoms with Crippen molar-refractivity contribution in [3.8, 4) is 22.3 Å². The summed E-state index contributed by atoms with van der Waals surface area (Å²) in [7, 11) is 0. The minimum absolute atomic E-state index is 0.0255. The smallest absolute Gasteiger partial charge is 0.261 e. The summed E-state index contributed by atoms with van der Waals surface area (Å²) in [6.07, 6.45) is 13.4. The number of anilines is 2. The maximum Gasteiger partial charge on any atom is 0.261 e. The molecule has 1 amide bonds. The van der Waals surface area contributed by atoms with Crippen LogP contribution in [0.1, 0.15) is 54.9 Å². The number of nitrogen functional groups attached to an aromatic ring is 1. The number of hydrogen-bond donors (Lipinski definition) is 2. The van der Waals surface area contributed by atoms with E-state index in [0.29, 0.717) is 54.4 Å². The number of halogens is 1. The minimum atomic E-state index is -0.507. The topological polar surface area (TPSA) is 117 Å². The number of amides is 1. The van der Waals surface area contributed by atoms with Gasteiger partial charge >= 0.3 is 0 Å². The number of aromatic nitrogens is 4. The first-order valence-electron chi connectivity index (χ1n) is 15.5. The van der Waals surface area contributed by atoms with Gasteiger partial charge in [0.15, 0.2) is 0 Å². The summed E-state index contributed by atoms with van der Waals surface area (Å²) in [5.41, 5.74) is 10.1. The number of carbonyl (C=O) groups is 1. The van der Waals surface area contributed by atoms with Gasteiger partial charge < -0.3 is 24.9 Å². The molecule has 0 atom stereocenters. The van der Waals surface area contributed by atoms with Gasteiger partial charge in [0.2, 0.25) is 5.43 Å². The molecule has 1 aliphatic heterocycles. The summed E-state index contributed by atoms with van der Waals surface area (Å²) >= 11 is 0. The number of carbonyl (C=O) groups excluding carboxylic acids is 1. The van der Waals surface area contributed by atoms with Gasteiger partial charge in [0, 0.05) is 61.2 Å². The molecule has 2 aliphatic rings. The highest BCUT2D eigenvalue weighted by Gasteiger charge is 2.23. The van der Waals surface area contributed by atoms with E-state index in [-0.39, 0.29) is 5.56 Å². The summed E-state index contributed by atoms with van der Waals surface area (Å²) in [6.45, 7) is 2.04. The number of rotatable bonds is 7. The summed E-state index contributed by atoms with van der Waals surface area (Å²) in [5, 5.41) is 3.73. The van der Waals surface area contributed by atoms with Gasteiger partial charge in [-0.15, -0.1) is 0 Å². The van der Waals surface area contributed by atoms with Crippen LogP contribution >= 0.6 is 0 Å². The second-order valence-corrected chi connectivity index (χ2v) is 12.1. The van der Waals surface area contributed by atoms with Crippen molar-refractivity contribution in [2.45, 2.75) is 51.1 Å². The van der Waals surface area contributed by atoms with Crippen molar-refractivity contribution in [1.29, 1.82) is 0 Å². The fourth-order valence-corrected chi connectivity index (χ4v) is 6.68. The molecule has 3 N–H and O–H groups in total. The molecule has 10 heteroatoms. The number of ether oxygens (including phenoxy) is 1. The Morgan fingerprint density at radius 1 is 0.911 bits per heavy atom. The minimum Gasteiger partial charge on any atom is -0.383 e. The third-order valence-electron chi connectivity index (χ3n) is 9.10. The van der Waals surface area contributed by atoms with Crippen molar-refractivity contribution in [3.63, 3.8) is 0 Å². The average molecular weight is 607 g/mol. The molecule has 4 heterocycles. The van der Waals surface area contributed by atoms with Gasteiger partial charge in [-0.25, -0.2) is 14.4 Å². The number of pyridine rings is 1.